The van der Waals surface area contributed by atoms with Crippen molar-refractivity contribution in [2.75, 3.05) is 4.90 Å². The number of pyridine rings is 1. The maximum Gasteiger partial charge on any atom is 0.241 e. The number of carbonyl (C=O) groups excluding carboxylic acids is 2. The van der Waals surface area contributed by atoms with Gasteiger partial charge in [0.2, 0.25) is 11.8 Å². The Morgan fingerprint density at radius 2 is 2.11 bits per heavy atom. The number of anilines is 1. The molecule has 0 aliphatic carbocycles. The van der Waals surface area contributed by atoms with E-state index in [9.17, 15) is 9.59 Å². The Morgan fingerprint density at radius 1 is 1.42 bits per heavy atom. The summed E-state index contributed by atoms with van der Waals surface area (Å²) in [6, 6.07) is 3.46. The number of nitrogens with two attached hydrogens (primary N) is 1. The van der Waals surface area contributed by atoms with Gasteiger partial charge in [0.15, 0.2) is 0 Å². The number of hydrogen-bond donors (Lipinski definition) is 1. The number of amides is 2. The zero-order valence-corrected chi connectivity index (χ0v) is 11.5. The van der Waals surface area contributed by atoms with Crippen LogP contribution in [0.25, 0.3) is 0 Å². The van der Waals surface area contributed by atoms with Crippen molar-refractivity contribution in [2.45, 2.75) is 33.7 Å². The predicted molar refractivity (Wildman–Crippen MR) is 72.2 cm³/mol. The molecule has 1 aromatic heterocycles. The Morgan fingerprint density at radius 3 is 2.53 bits per heavy atom. The molecule has 1 unspecified atom stereocenters. The summed E-state index contributed by atoms with van der Waals surface area (Å²) in [4.78, 5) is 29.9. The van der Waals surface area contributed by atoms with Gasteiger partial charge in [-0.05, 0) is 24.5 Å². The van der Waals surface area contributed by atoms with Gasteiger partial charge in [-0.15, -0.1) is 0 Å². The summed E-state index contributed by atoms with van der Waals surface area (Å²) in [7, 11) is 0. The van der Waals surface area contributed by atoms with Crippen molar-refractivity contribution < 1.29 is 9.59 Å². The summed E-state index contributed by atoms with van der Waals surface area (Å²) in [6.45, 7) is 6.14. The fraction of sp³-hybridized carbons (Fsp3) is 0.500. The van der Waals surface area contributed by atoms with Crippen LogP contribution in [0.4, 0.5) is 5.82 Å². The lowest BCUT2D eigenvalue weighted by Crippen LogP contribution is -2.37. The summed E-state index contributed by atoms with van der Waals surface area (Å²) in [5.41, 5.74) is 5.74. The van der Waals surface area contributed by atoms with Crippen LogP contribution in [0.3, 0.4) is 0 Å². The number of hydrogen-bond acceptors (Lipinski definition) is 4. The van der Waals surface area contributed by atoms with Crippen molar-refractivity contribution in [2.24, 2.45) is 17.1 Å². The van der Waals surface area contributed by atoms with E-state index in [0.29, 0.717) is 12.4 Å². The Balaban J connectivity index is 2.35. The zero-order chi connectivity index (χ0) is 14.2. The molecular weight excluding hydrogens is 242 g/mol. The Labute approximate surface area is 112 Å². The molecule has 5 nitrogen and oxygen atoms in total. The van der Waals surface area contributed by atoms with Crippen molar-refractivity contribution >= 4 is 17.6 Å². The monoisotopic (exact) mass is 261 g/mol. The first-order chi connectivity index (χ1) is 8.90. The SMILES string of the molecule is CC(C)C1(C)CC(=O)N(c2ccc(CN)cn2)C1=O. The molecule has 0 saturated carbocycles. The van der Waals surface area contributed by atoms with Gasteiger partial charge in [-0.3, -0.25) is 9.59 Å². The predicted octanol–water partition coefficient (Wildman–Crippen LogP) is 1.47. The number of imide groups is 1. The minimum atomic E-state index is -0.634. The van der Waals surface area contributed by atoms with Crippen LogP contribution in [0, 0.1) is 11.3 Å². The molecule has 0 radical (unpaired) electrons. The summed E-state index contributed by atoms with van der Waals surface area (Å²) in [5, 5.41) is 0. The molecule has 5 heteroatoms. The van der Waals surface area contributed by atoms with E-state index in [1.54, 1.807) is 18.3 Å². The lowest BCUT2D eigenvalue weighted by atomic mass is 9.78. The van der Waals surface area contributed by atoms with Crippen LogP contribution < -0.4 is 10.6 Å². The third-order valence-electron chi connectivity index (χ3n) is 4.01. The Hall–Kier alpha value is -1.75. The van der Waals surface area contributed by atoms with Gasteiger partial charge in [-0.1, -0.05) is 19.9 Å². The number of carbonyl (C=O) groups is 2. The topological polar surface area (TPSA) is 76.3 Å². The molecule has 0 bridgehead atoms. The van der Waals surface area contributed by atoms with Gasteiger partial charge in [0.05, 0.1) is 5.41 Å². The smallest absolute Gasteiger partial charge is 0.241 e. The third kappa shape index (κ3) is 2.14. The van der Waals surface area contributed by atoms with Crippen molar-refractivity contribution in [1.29, 1.82) is 0 Å². The highest BCUT2D eigenvalue weighted by molar-refractivity contribution is 6.22. The molecule has 2 amide bonds. The van der Waals surface area contributed by atoms with E-state index < -0.39 is 5.41 Å². The molecule has 0 spiro atoms. The summed E-state index contributed by atoms with van der Waals surface area (Å²) >= 11 is 0. The number of aromatic nitrogens is 1. The van der Waals surface area contributed by atoms with Crippen LogP contribution in [-0.4, -0.2) is 16.8 Å². The molecule has 2 heterocycles. The van der Waals surface area contributed by atoms with Crippen molar-refractivity contribution in [3.63, 3.8) is 0 Å². The second kappa shape index (κ2) is 4.74. The van der Waals surface area contributed by atoms with Crippen LogP contribution in [-0.2, 0) is 16.1 Å². The van der Waals surface area contributed by atoms with E-state index in [1.807, 2.05) is 20.8 Å². The lowest BCUT2D eigenvalue weighted by Gasteiger charge is -2.25. The second-order valence-corrected chi connectivity index (χ2v) is 5.51. The van der Waals surface area contributed by atoms with E-state index in [0.717, 1.165) is 5.56 Å². The van der Waals surface area contributed by atoms with E-state index in [4.69, 9.17) is 5.73 Å². The lowest BCUT2D eigenvalue weighted by molar-refractivity contribution is -0.126. The quantitative estimate of drug-likeness (QED) is 0.836. The fourth-order valence-electron chi connectivity index (χ4n) is 2.19. The molecule has 1 aliphatic heterocycles. The first-order valence-corrected chi connectivity index (χ1v) is 6.42. The van der Waals surface area contributed by atoms with Gasteiger partial charge in [-0.2, -0.15) is 0 Å². The highest BCUT2D eigenvalue weighted by Gasteiger charge is 2.50. The van der Waals surface area contributed by atoms with Gasteiger partial charge < -0.3 is 5.73 Å². The van der Waals surface area contributed by atoms with Gasteiger partial charge in [0, 0.05) is 19.2 Å². The Bertz CT molecular complexity index is 510. The largest absolute Gasteiger partial charge is 0.326 e. The van der Waals surface area contributed by atoms with Crippen LogP contribution >= 0.6 is 0 Å². The summed E-state index contributed by atoms with van der Waals surface area (Å²) in [6.07, 6.45) is 1.84. The van der Waals surface area contributed by atoms with E-state index in [2.05, 4.69) is 4.98 Å². The standard InChI is InChI=1S/C14H19N3O2/c1-9(2)14(3)6-12(18)17(13(14)19)11-5-4-10(7-15)8-16-11/h4-5,8-9H,6-7,15H2,1-3H3. The van der Waals surface area contributed by atoms with Crippen LogP contribution in [0.5, 0.6) is 0 Å². The molecule has 2 rings (SSSR count). The van der Waals surface area contributed by atoms with Crippen molar-refractivity contribution in [3.05, 3.63) is 23.9 Å². The Kier molecular flexibility index (Phi) is 3.41. The third-order valence-corrected chi connectivity index (χ3v) is 4.01. The summed E-state index contributed by atoms with van der Waals surface area (Å²) < 4.78 is 0. The highest BCUT2D eigenvalue weighted by Crippen LogP contribution is 2.40. The van der Waals surface area contributed by atoms with E-state index >= 15 is 0 Å². The van der Waals surface area contributed by atoms with Gasteiger partial charge in [0.25, 0.3) is 0 Å². The van der Waals surface area contributed by atoms with Gasteiger partial charge >= 0.3 is 0 Å². The molecule has 1 fully saturated rings. The van der Waals surface area contributed by atoms with Gasteiger partial charge in [-0.25, -0.2) is 9.88 Å². The van der Waals surface area contributed by atoms with Crippen LogP contribution in [0.2, 0.25) is 0 Å². The molecule has 0 aromatic carbocycles. The minimum absolute atomic E-state index is 0.109. The zero-order valence-electron chi connectivity index (χ0n) is 11.5. The molecule has 1 atom stereocenters. The number of nitrogens with zero attached hydrogens (tertiary/aromatic N) is 2. The van der Waals surface area contributed by atoms with Crippen LogP contribution in [0.1, 0.15) is 32.8 Å². The fourth-order valence-corrected chi connectivity index (χ4v) is 2.19. The molecule has 1 saturated heterocycles. The van der Waals surface area contributed by atoms with Gasteiger partial charge in [0.1, 0.15) is 5.82 Å². The maximum atomic E-state index is 12.5. The van der Waals surface area contributed by atoms with Crippen molar-refractivity contribution in [3.8, 4) is 0 Å². The molecule has 2 N–H and O–H groups in total. The average molecular weight is 261 g/mol. The molecule has 102 valence electrons. The second-order valence-electron chi connectivity index (χ2n) is 5.51. The van der Waals surface area contributed by atoms with E-state index in [-0.39, 0.29) is 24.2 Å². The average Bonchev–Trinajstić information content (AvgIpc) is 2.61. The highest BCUT2D eigenvalue weighted by atomic mass is 16.2. The van der Waals surface area contributed by atoms with Crippen LogP contribution in [0.15, 0.2) is 18.3 Å². The van der Waals surface area contributed by atoms with E-state index in [1.165, 1.54) is 4.90 Å². The molecule has 1 aromatic rings. The molecule has 19 heavy (non-hydrogen) atoms. The summed E-state index contributed by atoms with van der Waals surface area (Å²) in [5.74, 6) is 0.142. The molecule has 1 aliphatic rings. The normalized spacial score (nSPS) is 23.5. The molecular formula is C14H19N3O2. The first kappa shape index (κ1) is 13.7. The minimum Gasteiger partial charge on any atom is -0.326 e. The number of rotatable bonds is 3. The van der Waals surface area contributed by atoms with Crippen molar-refractivity contribution in [1.82, 2.24) is 4.98 Å². The maximum absolute atomic E-state index is 12.5. The first-order valence-electron chi connectivity index (χ1n) is 6.42.